The van der Waals surface area contributed by atoms with Gasteiger partial charge in [-0.2, -0.15) is 5.26 Å². The number of carbonyl (C=O) groups excluding carboxylic acids is 1. The molecule has 0 saturated carbocycles. The first-order chi connectivity index (χ1) is 14.0. The Morgan fingerprint density at radius 2 is 2.07 bits per heavy atom. The van der Waals surface area contributed by atoms with Crippen molar-refractivity contribution in [3.63, 3.8) is 0 Å². The molecule has 0 aliphatic carbocycles. The number of aliphatic hydroxyl groups is 1. The Hall–Kier alpha value is -2.98. The second-order valence-corrected chi connectivity index (χ2v) is 7.96. The fourth-order valence-corrected chi connectivity index (χ4v) is 4.51. The van der Waals surface area contributed by atoms with Gasteiger partial charge in [0.1, 0.15) is 29.5 Å². The van der Waals surface area contributed by atoms with Gasteiger partial charge in [0, 0.05) is 38.0 Å². The summed E-state index contributed by atoms with van der Waals surface area (Å²) in [6.45, 7) is 3.57. The molecule has 2 saturated heterocycles. The highest BCUT2D eigenvalue weighted by atomic mass is 16.3. The van der Waals surface area contributed by atoms with E-state index in [1.54, 1.807) is 6.07 Å². The molecule has 1 aromatic carbocycles. The molecule has 2 aliphatic rings. The van der Waals surface area contributed by atoms with Crippen LogP contribution < -0.4 is 4.90 Å². The predicted molar refractivity (Wildman–Crippen MR) is 108 cm³/mol. The molecule has 0 radical (unpaired) electrons. The van der Waals surface area contributed by atoms with E-state index in [-0.39, 0.29) is 17.9 Å². The molecule has 3 atom stereocenters. The fraction of sp³-hybridized carbons (Fsp3) is 0.455. The molecule has 1 amide bonds. The molecule has 0 spiro atoms. The summed E-state index contributed by atoms with van der Waals surface area (Å²) in [4.78, 5) is 25.5. The van der Waals surface area contributed by atoms with Gasteiger partial charge in [0.15, 0.2) is 0 Å². The second-order valence-electron chi connectivity index (χ2n) is 7.96. The van der Waals surface area contributed by atoms with E-state index in [0.717, 1.165) is 18.4 Å². The van der Waals surface area contributed by atoms with Crippen molar-refractivity contribution in [3.05, 3.63) is 54.0 Å². The molecule has 29 heavy (non-hydrogen) atoms. The largest absolute Gasteiger partial charge is 0.380 e. The maximum atomic E-state index is 13.4. The lowest BCUT2D eigenvalue weighted by molar-refractivity contribution is -0.160. The molecule has 7 nitrogen and oxygen atoms in total. The third kappa shape index (κ3) is 3.56. The van der Waals surface area contributed by atoms with Crippen molar-refractivity contribution >= 4 is 11.7 Å². The topological polar surface area (TPSA) is 93.4 Å². The van der Waals surface area contributed by atoms with Gasteiger partial charge in [-0.25, -0.2) is 9.97 Å². The van der Waals surface area contributed by atoms with Crippen molar-refractivity contribution in [2.24, 2.45) is 5.92 Å². The number of carbonyl (C=O) groups is 1. The van der Waals surface area contributed by atoms with Gasteiger partial charge >= 0.3 is 0 Å². The highest BCUT2D eigenvalue weighted by Gasteiger charge is 2.49. The van der Waals surface area contributed by atoms with Crippen LogP contribution in [-0.2, 0) is 4.79 Å². The maximum absolute atomic E-state index is 13.4. The van der Waals surface area contributed by atoms with E-state index in [2.05, 4.69) is 9.97 Å². The summed E-state index contributed by atoms with van der Waals surface area (Å²) >= 11 is 0. The zero-order valence-electron chi connectivity index (χ0n) is 16.5. The van der Waals surface area contributed by atoms with Crippen LogP contribution in [0.3, 0.4) is 0 Å². The van der Waals surface area contributed by atoms with E-state index < -0.39 is 5.60 Å². The monoisotopic (exact) mass is 391 g/mol. The lowest BCUT2D eigenvalue weighted by atomic mass is 9.80. The van der Waals surface area contributed by atoms with Crippen molar-refractivity contribution in [2.75, 3.05) is 24.5 Å². The quantitative estimate of drug-likeness (QED) is 0.863. The fourth-order valence-electron chi connectivity index (χ4n) is 4.51. The minimum atomic E-state index is -1.39. The molecular formula is C22H25N5O2. The summed E-state index contributed by atoms with van der Waals surface area (Å²) < 4.78 is 0. The summed E-state index contributed by atoms with van der Waals surface area (Å²) in [5.74, 6) is 0.221. The standard InChI is InChI=1S/C22H25N5O2/c1-16-14-26(20-12-18(13-23)24-15-25-20)11-9-22(16,29)21(28)27-10-5-8-19(27)17-6-3-2-4-7-17/h2-4,6-7,12,15-16,19,29H,5,8-11,14H2,1H3. The molecule has 2 fully saturated rings. The first-order valence-electron chi connectivity index (χ1n) is 10.1. The van der Waals surface area contributed by atoms with E-state index >= 15 is 0 Å². The van der Waals surface area contributed by atoms with Crippen LogP contribution in [0.1, 0.15) is 43.5 Å². The number of nitrogens with zero attached hydrogens (tertiary/aromatic N) is 5. The molecule has 1 aromatic heterocycles. The summed E-state index contributed by atoms with van der Waals surface area (Å²) in [6, 6.07) is 13.7. The van der Waals surface area contributed by atoms with Crippen LogP contribution >= 0.6 is 0 Å². The first-order valence-corrected chi connectivity index (χ1v) is 10.1. The summed E-state index contributed by atoms with van der Waals surface area (Å²) in [6.07, 6.45) is 3.57. The third-order valence-electron chi connectivity index (χ3n) is 6.23. The van der Waals surface area contributed by atoms with E-state index in [4.69, 9.17) is 5.26 Å². The van der Waals surface area contributed by atoms with E-state index in [1.807, 2.05) is 53.1 Å². The van der Waals surface area contributed by atoms with E-state index in [0.29, 0.717) is 37.6 Å². The molecule has 2 aliphatic heterocycles. The van der Waals surface area contributed by atoms with Crippen LogP contribution in [0.4, 0.5) is 5.82 Å². The molecule has 7 heteroatoms. The number of nitriles is 1. The number of hydrogen-bond acceptors (Lipinski definition) is 6. The highest BCUT2D eigenvalue weighted by Crippen LogP contribution is 2.38. The zero-order chi connectivity index (χ0) is 20.4. The van der Waals surface area contributed by atoms with Crippen LogP contribution in [0.2, 0.25) is 0 Å². The molecule has 4 rings (SSSR count). The number of aromatic nitrogens is 2. The molecular weight excluding hydrogens is 366 g/mol. The van der Waals surface area contributed by atoms with Gasteiger partial charge in [0.2, 0.25) is 0 Å². The molecule has 3 heterocycles. The van der Waals surface area contributed by atoms with E-state index in [1.165, 1.54) is 6.33 Å². The van der Waals surface area contributed by atoms with Crippen molar-refractivity contribution in [1.29, 1.82) is 5.26 Å². The highest BCUT2D eigenvalue weighted by molar-refractivity contribution is 5.86. The lowest BCUT2D eigenvalue weighted by Crippen LogP contribution is -2.59. The Labute approximate surface area is 170 Å². The molecule has 150 valence electrons. The average molecular weight is 391 g/mol. The molecule has 2 aromatic rings. The van der Waals surface area contributed by atoms with Crippen molar-refractivity contribution < 1.29 is 9.90 Å². The Morgan fingerprint density at radius 3 is 2.79 bits per heavy atom. The Morgan fingerprint density at radius 1 is 1.28 bits per heavy atom. The van der Waals surface area contributed by atoms with Gasteiger partial charge in [-0.1, -0.05) is 37.3 Å². The number of anilines is 1. The number of benzene rings is 1. The molecule has 0 bridgehead atoms. The van der Waals surface area contributed by atoms with Crippen LogP contribution in [-0.4, -0.2) is 51.1 Å². The number of amides is 1. The summed E-state index contributed by atoms with van der Waals surface area (Å²) in [7, 11) is 0. The lowest BCUT2D eigenvalue weighted by Gasteiger charge is -2.44. The maximum Gasteiger partial charge on any atom is 0.255 e. The smallest absolute Gasteiger partial charge is 0.255 e. The van der Waals surface area contributed by atoms with Gasteiger partial charge in [-0.05, 0) is 18.4 Å². The van der Waals surface area contributed by atoms with Crippen molar-refractivity contribution in [3.8, 4) is 6.07 Å². The predicted octanol–water partition coefficient (Wildman–Crippen LogP) is 2.29. The normalized spacial score (nSPS) is 26.9. The van der Waals surface area contributed by atoms with Crippen LogP contribution in [0, 0.1) is 17.2 Å². The Bertz CT molecular complexity index is 928. The van der Waals surface area contributed by atoms with Crippen LogP contribution in [0.15, 0.2) is 42.7 Å². The summed E-state index contributed by atoms with van der Waals surface area (Å²) in [5.41, 5.74) is 0.0401. The van der Waals surface area contributed by atoms with Crippen LogP contribution in [0.5, 0.6) is 0 Å². The van der Waals surface area contributed by atoms with Gasteiger partial charge in [-0.3, -0.25) is 4.79 Å². The second kappa shape index (κ2) is 7.80. The number of likely N-dealkylation sites (tertiary alicyclic amines) is 1. The average Bonchev–Trinajstić information content (AvgIpc) is 3.25. The zero-order valence-corrected chi connectivity index (χ0v) is 16.5. The van der Waals surface area contributed by atoms with Crippen molar-refractivity contribution in [2.45, 2.75) is 37.8 Å². The Balaban J connectivity index is 1.51. The molecule has 1 N–H and O–H groups in total. The van der Waals surface area contributed by atoms with Crippen LogP contribution in [0.25, 0.3) is 0 Å². The van der Waals surface area contributed by atoms with Gasteiger partial charge in [0.25, 0.3) is 5.91 Å². The minimum absolute atomic E-state index is 0.0259. The number of piperidine rings is 1. The van der Waals surface area contributed by atoms with Gasteiger partial charge < -0.3 is 14.9 Å². The van der Waals surface area contributed by atoms with Gasteiger partial charge in [0.05, 0.1) is 6.04 Å². The third-order valence-corrected chi connectivity index (χ3v) is 6.23. The first kappa shape index (κ1) is 19.3. The van der Waals surface area contributed by atoms with E-state index in [9.17, 15) is 9.90 Å². The molecule has 3 unspecified atom stereocenters. The minimum Gasteiger partial charge on any atom is -0.380 e. The Kier molecular flexibility index (Phi) is 5.20. The summed E-state index contributed by atoms with van der Waals surface area (Å²) in [5, 5.41) is 20.5. The SMILES string of the molecule is CC1CN(c2cc(C#N)ncn2)CCC1(O)C(=O)N1CCCC1c1ccccc1. The van der Waals surface area contributed by atoms with Gasteiger partial charge in [-0.15, -0.1) is 0 Å². The van der Waals surface area contributed by atoms with Crippen molar-refractivity contribution in [1.82, 2.24) is 14.9 Å². The number of rotatable bonds is 3. The number of hydrogen-bond donors (Lipinski definition) is 1.